The van der Waals surface area contributed by atoms with Crippen molar-refractivity contribution >= 4 is 16.0 Å². The molecule has 6 nitrogen and oxygen atoms in total. The van der Waals surface area contributed by atoms with Crippen molar-refractivity contribution in [2.75, 3.05) is 0 Å². The first-order valence-electron chi connectivity index (χ1n) is 6.64. The molecule has 0 aromatic heterocycles. The van der Waals surface area contributed by atoms with Crippen LogP contribution >= 0.6 is 0 Å². The lowest BCUT2D eigenvalue weighted by Gasteiger charge is -2.18. The number of nitrogens with zero attached hydrogens (tertiary/aromatic N) is 1. The molecule has 0 saturated heterocycles. The molecule has 0 bridgehead atoms. The lowest BCUT2D eigenvalue weighted by Crippen LogP contribution is -2.25. The van der Waals surface area contributed by atoms with Gasteiger partial charge in [0.15, 0.2) is 0 Å². The van der Waals surface area contributed by atoms with Gasteiger partial charge in [-0.25, -0.2) is 0 Å². The summed E-state index contributed by atoms with van der Waals surface area (Å²) in [5.74, 6) is 0.308. The Morgan fingerprint density at radius 1 is 1.14 bits per heavy atom. The average molecular weight is 311 g/mol. The molecule has 0 atom stereocenters. The minimum absolute atomic E-state index is 0.174. The van der Waals surface area contributed by atoms with Crippen LogP contribution in [0.2, 0.25) is 0 Å². The van der Waals surface area contributed by atoms with Crippen LogP contribution in [0.4, 0.5) is 0 Å². The highest BCUT2D eigenvalue weighted by Gasteiger charge is 2.36. The van der Waals surface area contributed by atoms with E-state index in [1.54, 1.807) is 13.8 Å². The normalized spacial score (nSPS) is 16.2. The second-order valence-corrected chi connectivity index (χ2v) is 7.58. The van der Waals surface area contributed by atoms with Gasteiger partial charge < -0.3 is 16.2 Å². The number of ether oxygens (including phenoxy) is 1. The van der Waals surface area contributed by atoms with E-state index in [4.69, 9.17) is 16.2 Å². The molecule has 1 heterocycles. The van der Waals surface area contributed by atoms with Gasteiger partial charge in [0, 0.05) is 12.0 Å². The summed E-state index contributed by atoms with van der Waals surface area (Å²) in [5.41, 5.74) is 13.1. The maximum absolute atomic E-state index is 12.4. The summed E-state index contributed by atoms with van der Waals surface area (Å²) in [5, 5.41) is 0. The minimum atomic E-state index is -3.92. The molecular formula is C14H21N3O3S. The van der Waals surface area contributed by atoms with Crippen LogP contribution in [-0.4, -0.2) is 20.0 Å². The molecular weight excluding hydrogens is 290 g/mol. The molecule has 21 heavy (non-hydrogen) atoms. The van der Waals surface area contributed by atoms with Crippen molar-refractivity contribution in [2.24, 2.45) is 15.9 Å². The first-order valence-corrected chi connectivity index (χ1v) is 8.08. The van der Waals surface area contributed by atoms with Crippen LogP contribution < -0.4 is 16.2 Å². The van der Waals surface area contributed by atoms with Gasteiger partial charge in [0.1, 0.15) is 11.4 Å². The van der Waals surface area contributed by atoms with Crippen molar-refractivity contribution in [3.05, 3.63) is 22.3 Å². The fourth-order valence-corrected chi connectivity index (χ4v) is 4.23. The monoisotopic (exact) mass is 311 g/mol. The molecule has 116 valence electrons. The molecule has 0 aliphatic carbocycles. The molecule has 0 radical (unpaired) electrons. The highest BCUT2D eigenvalue weighted by atomic mass is 32.2. The van der Waals surface area contributed by atoms with Crippen LogP contribution in [0.25, 0.3) is 0 Å². The highest BCUT2D eigenvalue weighted by Crippen LogP contribution is 2.44. The summed E-state index contributed by atoms with van der Waals surface area (Å²) in [6.07, 6.45) is 0.652. The Morgan fingerprint density at radius 3 is 2.24 bits per heavy atom. The number of guanidine groups is 1. The van der Waals surface area contributed by atoms with Gasteiger partial charge in [-0.05, 0) is 51.3 Å². The van der Waals surface area contributed by atoms with E-state index < -0.39 is 16.0 Å². The smallest absolute Gasteiger partial charge is 0.286 e. The molecule has 1 aliphatic heterocycles. The lowest BCUT2D eigenvalue weighted by molar-refractivity contribution is 0.137. The van der Waals surface area contributed by atoms with Gasteiger partial charge in [0.2, 0.25) is 5.96 Å². The molecule has 1 aromatic rings. The van der Waals surface area contributed by atoms with E-state index in [2.05, 4.69) is 4.40 Å². The van der Waals surface area contributed by atoms with E-state index in [9.17, 15) is 8.42 Å². The first kappa shape index (κ1) is 15.6. The van der Waals surface area contributed by atoms with Gasteiger partial charge in [-0.15, -0.1) is 4.40 Å². The molecule has 1 aromatic carbocycles. The third-order valence-electron chi connectivity index (χ3n) is 3.78. The van der Waals surface area contributed by atoms with Crippen molar-refractivity contribution in [1.82, 2.24) is 0 Å². The number of sulfonamides is 1. The third kappa shape index (κ3) is 2.57. The molecule has 0 spiro atoms. The van der Waals surface area contributed by atoms with Gasteiger partial charge in [-0.3, -0.25) is 0 Å². The van der Waals surface area contributed by atoms with Crippen molar-refractivity contribution in [2.45, 2.75) is 51.5 Å². The first-order chi connectivity index (χ1) is 9.46. The standard InChI is InChI=1S/C14H21N3O3S/c1-7-8(2)12(21(18,19)17-13(15)16)9(3)10-6-14(4,5)20-11(7)10/h6H2,1-5H3,(H4,15,16,17). The third-order valence-corrected chi connectivity index (χ3v) is 5.35. The molecule has 7 heteroatoms. The van der Waals surface area contributed by atoms with E-state index in [1.165, 1.54) is 0 Å². The summed E-state index contributed by atoms with van der Waals surface area (Å²) in [6.45, 7) is 9.32. The summed E-state index contributed by atoms with van der Waals surface area (Å²) in [4.78, 5) is 0.174. The number of hydrogen-bond donors (Lipinski definition) is 2. The number of fused-ring (bicyclic) bond motifs is 1. The Bertz CT molecular complexity index is 745. The number of rotatable bonds is 2. The van der Waals surface area contributed by atoms with Crippen LogP contribution in [0.5, 0.6) is 5.75 Å². The minimum Gasteiger partial charge on any atom is -0.487 e. The van der Waals surface area contributed by atoms with Crippen LogP contribution in [-0.2, 0) is 16.4 Å². The maximum Gasteiger partial charge on any atom is 0.286 e. The molecule has 0 unspecified atom stereocenters. The van der Waals surface area contributed by atoms with Crippen molar-refractivity contribution in [3.8, 4) is 5.75 Å². The topological polar surface area (TPSA) is 108 Å². The summed E-state index contributed by atoms with van der Waals surface area (Å²) < 4.78 is 34.2. The average Bonchev–Trinajstić information content (AvgIpc) is 2.61. The van der Waals surface area contributed by atoms with E-state index in [1.807, 2.05) is 20.8 Å². The fourth-order valence-electron chi connectivity index (χ4n) is 2.82. The molecule has 4 N–H and O–H groups in total. The maximum atomic E-state index is 12.4. The van der Waals surface area contributed by atoms with Crippen LogP contribution in [0, 0.1) is 20.8 Å². The highest BCUT2D eigenvalue weighted by molar-refractivity contribution is 7.90. The van der Waals surface area contributed by atoms with Crippen molar-refractivity contribution in [3.63, 3.8) is 0 Å². The largest absolute Gasteiger partial charge is 0.487 e. The van der Waals surface area contributed by atoms with E-state index in [0.717, 1.165) is 16.9 Å². The zero-order chi connectivity index (χ0) is 16.2. The van der Waals surface area contributed by atoms with Gasteiger partial charge in [-0.2, -0.15) is 8.42 Å². The van der Waals surface area contributed by atoms with Crippen molar-refractivity contribution in [1.29, 1.82) is 0 Å². The van der Waals surface area contributed by atoms with Gasteiger partial charge in [0.05, 0.1) is 4.90 Å². The zero-order valence-electron chi connectivity index (χ0n) is 12.9. The van der Waals surface area contributed by atoms with Gasteiger partial charge in [-0.1, -0.05) is 0 Å². The molecule has 0 saturated carbocycles. The quantitative estimate of drug-likeness (QED) is 0.632. The number of hydrogen-bond acceptors (Lipinski definition) is 3. The van der Waals surface area contributed by atoms with E-state index in [-0.39, 0.29) is 10.5 Å². The van der Waals surface area contributed by atoms with E-state index >= 15 is 0 Å². The molecule has 0 amide bonds. The van der Waals surface area contributed by atoms with Gasteiger partial charge in [0.25, 0.3) is 10.0 Å². The predicted molar refractivity (Wildman–Crippen MR) is 82.1 cm³/mol. The molecule has 1 aliphatic rings. The van der Waals surface area contributed by atoms with Crippen LogP contribution in [0.3, 0.4) is 0 Å². The molecule has 2 rings (SSSR count). The zero-order valence-corrected chi connectivity index (χ0v) is 13.8. The van der Waals surface area contributed by atoms with Crippen molar-refractivity contribution < 1.29 is 13.2 Å². The van der Waals surface area contributed by atoms with E-state index in [0.29, 0.717) is 17.5 Å². The lowest BCUT2D eigenvalue weighted by atomic mass is 9.94. The fraction of sp³-hybridized carbons (Fsp3) is 0.500. The second-order valence-electron chi connectivity index (χ2n) is 6.04. The summed E-state index contributed by atoms with van der Waals surface area (Å²) in [7, 11) is -3.92. The number of benzene rings is 1. The summed E-state index contributed by atoms with van der Waals surface area (Å²) in [6, 6.07) is 0. The molecule has 0 fully saturated rings. The Balaban J connectivity index is 2.79. The van der Waals surface area contributed by atoms with Crippen LogP contribution in [0.1, 0.15) is 36.1 Å². The second kappa shape index (κ2) is 4.62. The Labute approximate surface area is 125 Å². The summed E-state index contributed by atoms with van der Waals surface area (Å²) >= 11 is 0. The Kier molecular flexibility index (Phi) is 3.44. The SMILES string of the molecule is Cc1c(C)c(S(=O)(=O)N=C(N)N)c(C)c2c1OC(C)(C)C2. The predicted octanol–water partition coefficient (Wildman–Crippen LogP) is 1.29. The Hall–Kier alpha value is -1.76. The van der Waals surface area contributed by atoms with Crippen LogP contribution in [0.15, 0.2) is 9.29 Å². The Morgan fingerprint density at radius 2 is 1.71 bits per heavy atom. The number of nitrogens with two attached hydrogens (primary N) is 2. The van der Waals surface area contributed by atoms with Gasteiger partial charge >= 0.3 is 0 Å².